The number of benzene rings is 1. The highest BCUT2D eigenvalue weighted by Crippen LogP contribution is 2.10. The van der Waals surface area contributed by atoms with Crippen molar-refractivity contribution in [1.82, 2.24) is 10.2 Å². The van der Waals surface area contributed by atoms with Gasteiger partial charge in [0.25, 0.3) is 0 Å². The lowest BCUT2D eigenvalue weighted by atomic mass is 10.1. The van der Waals surface area contributed by atoms with Crippen LogP contribution in [0.5, 0.6) is 0 Å². The predicted octanol–water partition coefficient (Wildman–Crippen LogP) is 1.09. The molecule has 2 rings (SSSR count). The molecule has 0 radical (unpaired) electrons. The topological polar surface area (TPSA) is 71.7 Å². The molecule has 1 heterocycles. The molecule has 1 aliphatic heterocycles. The Bertz CT molecular complexity index is 521. The van der Waals surface area contributed by atoms with Crippen LogP contribution in [0.15, 0.2) is 29.3 Å². The Hall–Kier alpha value is -2.06. The molecule has 0 amide bonds. The maximum Gasteiger partial charge on any atom is 0.194 e. The van der Waals surface area contributed by atoms with Crippen molar-refractivity contribution >= 4 is 5.96 Å². The van der Waals surface area contributed by atoms with E-state index < -0.39 is 0 Å². The van der Waals surface area contributed by atoms with Crippen LogP contribution in [0.3, 0.4) is 0 Å². The van der Waals surface area contributed by atoms with E-state index in [4.69, 9.17) is 5.26 Å². The number of rotatable bonds is 3. The number of hydrogen-bond donors (Lipinski definition) is 2. The van der Waals surface area contributed by atoms with Gasteiger partial charge in [-0.2, -0.15) is 5.26 Å². The van der Waals surface area contributed by atoms with Crippen molar-refractivity contribution in [2.75, 3.05) is 19.6 Å². The lowest BCUT2D eigenvalue weighted by molar-refractivity contribution is 0.188. The van der Waals surface area contributed by atoms with E-state index >= 15 is 0 Å². The van der Waals surface area contributed by atoms with Gasteiger partial charge in [0.05, 0.1) is 24.3 Å². The summed E-state index contributed by atoms with van der Waals surface area (Å²) in [5.74, 6) is 0.825. The van der Waals surface area contributed by atoms with Gasteiger partial charge in [0.1, 0.15) is 0 Å². The molecule has 5 heteroatoms. The summed E-state index contributed by atoms with van der Waals surface area (Å²) in [5, 5.41) is 21.7. The van der Waals surface area contributed by atoms with E-state index in [-0.39, 0.29) is 6.10 Å². The second-order valence-corrected chi connectivity index (χ2v) is 4.87. The van der Waals surface area contributed by atoms with Crippen LogP contribution in [0.1, 0.15) is 24.5 Å². The Morgan fingerprint density at radius 1 is 1.60 bits per heavy atom. The minimum atomic E-state index is -0.263. The lowest BCUT2D eigenvalue weighted by Gasteiger charge is -2.20. The molecule has 0 aromatic heterocycles. The van der Waals surface area contributed by atoms with Gasteiger partial charge in [0, 0.05) is 19.6 Å². The molecule has 1 fully saturated rings. The van der Waals surface area contributed by atoms with Crippen LogP contribution in [-0.4, -0.2) is 41.7 Å². The van der Waals surface area contributed by atoms with Crippen molar-refractivity contribution in [2.24, 2.45) is 4.99 Å². The minimum Gasteiger partial charge on any atom is -0.391 e. The third-order valence-electron chi connectivity index (χ3n) is 3.27. The lowest BCUT2D eigenvalue weighted by Crippen LogP contribution is -2.40. The number of likely N-dealkylation sites (tertiary alicyclic amines) is 1. The fourth-order valence-electron chi connectivity index (χ4n) is 2.27. The zero-order valence-electron chi connectivity index (χ0n) is 11.7. The quantitative estimate of drug-likeness (QED) is 0.638. The van der Waals surface area contributed by atoms with E-state index in [9.17, 15) is 5.11 Å². The van der Waals surface area contributed by atoms with E-state index in [0.29, 0.717) is 18.7 Å². The van der Waals surface area contributed by atoms with Crippen LogP contribution in [0.2, 0.25) is 0 Å². The molecule has 1 aromatic carbocycles. The monoisotopic (exact) mass is 272 g/mol. The number of nitrogens with one attached hydrogen (secondary N) is 1. The highest BCUT2D eigenvalue weighted by Gasteiger charge is 2.22. The van der Waals surface area contributed by atoms with Gasteiger partial charge < -0.3 is 15.3 Å². The molecule has 5 nitrogen and oxygen atoms in total. The average molecular weight is 272 g/mol. The number of hydrogen-bond acceptors (Lipinski definition) is 3. The van der Waals surface area contributed by atoms with E-state index in [1.54, 1.807) is 6.07 Å². The molecule has 106 valence electrons. The van der Waals surface area contributed by atoms with E-state index in [0.717, 1.165) is 31.0 Å². The summed E-state index contributed by atoms with van der Waals surface area (Å²) in [6, 6.07) is 9.61. The highest BCUT2D eigenvalue weighted by molar-refractivity contribution is 5.80. The van der Waals surface area contributed by atoms with Crippen LogP contribution >= 0.6 is 0 Å². The van der Waals surface area contributed by atoms with E-state index in [1.165, 1.54) is 0 Å². The Labute approximate surface area is 119 Å². The molecule has 1 saturated heterocycles. The number of aliphatic hydroxyl groups is 1. The third kappa shape index (κ3) is 3.72. The molecule has 1 aromatic rings. The Kier molecular flexibility index (Phi) is 4.97. The van der Waals surface area contributed by atoms with Gasteiger partial charge in [-0.05, 0) is 31.0 Å². The molecular formula is C15H20N4O. The SMILES string of the molecule is CCNC(=NCc1cccc(C#N)c1)N1CC[C@@H](O)C1. The average Bonchev–Trinajstić information content (AvgIpc) is 2.90. The summed E-state index contributed by atoms with van der Waals surface area (Å²) in [6.07, 6.45) is 0.523. The first-order valence-electron chi connectivity index (χ1n) is 6.93. The first-order valence-corrected chi connectivity index (χ1v) is 6.93. The molecule has 0 unspecified atom stereocenters. The molecule has 0 saturated carbocycles. The molecule has 2 N–H and O–H groups in total. The number of aliphatic imine (C=N–C) groups is 1. The minimum absolute atomic E-state index is 0.263. The maximum absolute atomic E-state index is 9.61. The molecule has 1 aliphatic rings. The smallest absolute Gasteiger partial charge is 0.194 e. The van der Waals surface area contributed by atoms with Crippen LogP contribution in [0.4, 0.5) is 0 Å². The second kappa shape index (κ2) is 6.92. The van der Waals surface area contributed by atoms with Gasteiger partial charge in [-0.3, -0.25) is 0 Å². The number of guanidine groups is 1. The van der Waals surface area contributed by atoms with Crippen molar-refractivity contribution in [2.45, 2.75) is 26.0 Å². The van der Waals surface area contributed by atoms with E-state index in [1.807, 2.05) is 25.1 Å². The summed E-state index contributed by atoms with van der Waals surface area (Å²) in [4.78, 5) is 6.66. The number of β-amino-alcohol motifs (C(OH)–C–C–N with tert-alkyl or cyclic N) is 1. The van der Waals surface area contributed by atoms with Gasteiger partial charge in [-0.1, -0.05) is 12.1 Å². The fourth-order valence-corrected chi connectivity index (χ4v) is 2.27. The van der Waals surface area contributed by atoms with Crippen molar-refractivity contribution in [3.63, 3.8) is 0 Å². The summed E-state index contributed by atoms with van der Waals surface area (Å²) < 4.78 is 0. The molecule has 0 aliphatic carbocycles. The normalized spacial score (nSPS) is 18.9. The largest absolute Gasteiger partial charge is 0.391 e. The van der Waals surface area contributed by atoms with Crippen LogP contribution < -0.4 is 5.32 Å². The van der Waals surface area contributed by atoms with Crippen molar-refractivity contribution in [1.29, 1.82) is 5.26 Å². The van der Waals surface area contributed by atoms with E-state index in [2.05, 4.69) is 21.3 Å². The summed E-state index contributed by atoms with van der Waals surface area (Å²) in [5.41, 5.74) is 1.67. The second-order valence-electron chi connectivity index (χ2n) is 4.87. The standard InChI is InChI=1S/C15H20N4O/c1-2-17-15(19-7-6-14(20)11-19)18-10-13-5-3-4-12(8-13)9-16/h3-5,8,14,20H,2,6-7,10-11H2,1H3,(H,17,18)/t14-/m1/s1. The van der Waals surface area contributed by atoms with Gasteiger partial charge in [-0.15, -0.1) is 0 Å². The van der Waals surface area contributed by atoms with Crippen LogP contribution in [0, 0.1) is 11.3 Å². The molecule has 1 atom stereocenters. The summed E-state index contributed by atoms with van der Waals surface area (Å²) in [7, 11) is 0. The van der Waals surface area contributed by atoms with Crippen molar-refractivity contribution in [3.05, 3.63) is 35.4 Å². The van der Waals surface area contributed by atoms with Gasteiger partial charge in [0.2, 0.25) is 0 Å². The van der Waals surface area contributed by atoms with Gasteiger partial charge in [0.15, 0.2) is 5.96 Å². The summed E-state index contributed by atoms with van der Waals surface area (Å²) in [6.45, 7) is 4.81. The van der Waals surface area contributed by atoms with Gasteiger partial charge in [-0.25, -0.2) is 4.99 Å². The van der Waals surface area contributed by atoms with Crippen molar-refractivity contribution in [3.8, 4) is 6.07 Å². The zero-order valence-corrected chi connectivity index (χ0v) is 11.7. The molecule has 20 heavy (non-hydrogen) atoms. The van der Waals surface area contributed by atoms with Crippen molar-refractivity contribution < 1.29 is 5.11 Å². The Balaban J connectivity index is 2.07. The fraction of sp³-hybridized carbons (Fsp3) is 0.467. The Morgan fingerprint density at radius 3 is 3.10 bits per heavy atom. The Morgan fingerprint density at radius 2 is 2.45 bits per heavy atom. The first-order chi connectivity index (χ1) is 9.72. The zero-order chi connectivity index (χ0) is 14.4. The maximum atomic E-state index is 9.61. The van der Waals surface area contributed by atoms with Crippen LogP contribution in [0.25, 0.3) is 0 Å². The molecule has 0 spiro atoms. The first kappa shape index (κ1) is 14.4. The summed E-state index contributed by atoms with van der Waals surface area (Å²) >= 11 is 0. The molecular weight excluding hydrogens is 252 g/mol. The number of nitriles is 1. The third-order valence-corrected chi connectivity index (χ3v) is 3.27. The van der Waals surface area contributed by atoms with Gasteiger partial charge >= 0.3 is 0 Å². The molecule has 0 bridgehead atoms. The van der Waals surface area contributed by atoms with Crippen LogP contribution in [-0.2, 0) is 6.54 Å². The number of aliphatic hydroxyl groups excluding tert-OH is 1. The number of nitrogens with zero attached hydrogens (tertiary/aromatic N) is 3. The predicted molar refractivity (Wildman–Crippen MR) is 78.2 cm³/mol. The highest BCUT2D eigenvalue weighted by atomic mass is 16.3.